The van der Waals surface area contributed by atoms with Gasteiger partial charge in [0.05, 0.1) is 40.3 Å². The SMILES string of the molecule is CC/C=C\C/C=C\C/C=C\C/C=C\CCCCCCCCCCCCCCCCCCCCCCCCCCC(=O)OC(COC(=O)CCCCCCCCC)COC(OCC[N+](C)(C)C)C(=O)[O-]. The van der Waals surface area contributed by atoms with Crippen molar-refractivity contribution in [3.63, 3.8) is 0 Å². The number of nitrogens with zero attached hydrogens (tertiary/aromatic N) is 1. The van der Waals surface area contributed by atoms with E-state index in [2.05, 4.69) is 62.5 Å². The zero-order chi connectivity index (χ0) is 50.6. The number of carbonyl (C=O) groups excluding carboxylic acids is 3. The number of allylic oxidation sites excluding steroid dienone is 8. The largest absolute Gasteiger partial charge is 0.545 e. The van der Waals surface area contributed by atoms with Crippen LogP contribution in [0.25, 0.3) is 0 Å². The van der Waals surface area contributed by atoms with E-state index in [4.69, 9.17) is 18.9 Å². The van der Waals surface area contributed by atoms with Crippen LogP contribution in [0.4, 0.5) is 0 Å². The molecule has 9 nitrogen and oxygen atoms in total. The summed E-state index contributed by atoms with van der Waals surface area (Å²) in [5.41, 5.74) is 0. The Hall–Kier alpha value is -2.75. The van der Waals surface area contributed by atoms with Crippen LogP contribution in [0, 0.1) is 0 Å². The van der Waals surface area contributed by atoms with Crippen molar-refractivity contribution in [1.29, 1.82) is 0 Å². The summed E-state index contributed by atoms with van der Waals surface area (Å²) in [5.74, 6) is -2.28. The molecule has 0 aromatic heterocycles. The molecule has 0 saturated heterocycles. The molecule has 0 aliphatic rings. The summed E-state index contributed by atoms with van der Waals surface area (Å²) in [5, 5.41) is 11.7. The number of ether oxygens (including phenoxy) is 4. The van der Waals surface area contributed by atoms with E-state index in [1.54, 1.807) is 0 Å². The summed E-state index contributed by atoms with van der Waals surface area (Å²) in [4.78, 5) is 36.9. The fraction of sp³-hybridized carbons (Fsp3) is 0.817. The number of hydrogen-bond acceptors (Lipinski definition) is 8. The first-order valence-electron chi connectivity index (χ1n) is 28.8. The first-order chi connectivity index (χ1) is 33.6. The third-order valence-electron chi connectivity index (χ3n) is 12.6. The Bertz CT molecular complexity index is 1270. The van der Waals surface area contributed by atoms with Gasteiger partial charge in [0.15, 0.2) is 12.4 Å². The topological polar surface area (TPSA) is 111 Å². The molecule has 0 aromatic carbocycles. The summed E-state index contributed by atoms with van der Waals surface area (Å²) >= 11 is 0. The molecule has 0 N–H and O–H groups in total. The van der Waals surface area contributed by atoms with E-state index in [-0.39, 0.29) is 32.2 Å². The molecule has 0 fully saturated rings. The van der Waals surface area contributed by atoms with Gasteiger partial charge in [-0.05, 0) is 51.4 Å². The van der Waals surface area contributed by atoms with Crippen molar-refractivity contribution in [3.8, 4) is 0 Å². The van der Waals surface area contributed by atoms with Crippen molar-refractivity contribution in [1.82, 2.24) is 0 Å². The van der Waals surface area contributed by atoms with E-state index in [0.717, 1.165) is 64.2 Å². The van der Waals surface area contributed by atoms with Gasteiger partial charge in [0.25, 0.3) is 0 Å². The Morgan fingerprint density at radius 2 is 0.826 bits per heavy atom. The first kappa shape index (κ1) is 66.2. The van der Waals surface area contributed by atoms with Gasteiger partial charge in [-0.1, -0.05) is 242 Å². The predicted octanol–water partition coefficient (Wildman–Crippen LogP) is 15.3. The maximum Gasteiger partial charge on any atom is 0.306 e. The number of carbonyl (C=O) groups is 3. The predicted molar refractivity (Wildman–Crippen MR) is 288 cm³/mol. The highest BCUT2D eigenvalue weighted by molar-refractivity contribution is 5.70. The molecule has 0 saturated carbocycles. The molecule has 9 heteroatoms. The van der Waals surface area contributed by atoms with E-state index in [1.807, 2.05) is 21.1 Å². The fourth-order valence-electron chi connectivity index (χ4n) is 8.18. The summed E-state index contributed by atoms with van der Waals surface area (Å²) < 4.78 is 22.5. The van der Waals surface area contributed by atoms with E-state index in [1.165, 1.54) is 167 Å². The van der Waals surface area contributed by atoms with Crippen LogP contribution in [-0.4, -0.2) is 82.3 Å². The molecule has 2 unspecified atom stereocenters. The Morgan fingerprint density at radius 3 is 1.23 bits per heavy atom. The Morgan fingerprint density at radius 1 is 0.449 bits per heavy atom. The monoisotopic (exact) mass is 972 g/mol. The molecule has 0 radical (unpaired) electrons. The molecular weight excluding hydrogens is 863 g/mol. The number of hydrogen-bond donors (Lipinski definition) is 0. The van der Waals surface area contributed by atoms with Crippen LogP contribution in [0.15, 0.2) is 48.6 Å². The minimum atomic E-state index is -1.62. The number of carboxylic acid groups (broad SMARTS) is 1. The van der Waals surface area contributed by atoms with E-state index in [0.29, 0.717) is 17.4 Å². The molecule has 0 spiro atoms. The number of quaternary nitrogens is 1. The van der Waals surface area contributed by atoms with Gasteiger partial charge in [0, 0.05) is 12.8 Å². The zero-order valence-electron chi connectivity index (χ0n) is 45.7. The van der Waals surface area contributed by atoms with Gasteiger partial charge < -0.3 is 33.3 Å². The lowest BCUT2D eigenvalue weighted by Gasteiger charge is -2.26. The summed E-state index contributed by atoms with van der Waals surface area (Å²) in [7, 11) is 5.91. The number of unbranched alkanes of at least 4 members (excludes halogenated alkanes) is 30. The minimum Gasteiger partial charge on any atom is -0.545 e. The third kappa shape index (κ3) is 52.9. The fourth-order valence-corrected chi connectivity index (χ4v) is 8.18. The van der Waals surface area contributed by atoms with Gasteiger partial charge in [-0.2, -0.15) is 0 Å². The first-order valence-corrected chi connectivity index (χ1v) is 28.8. The zero-order valence-corrected chi connectivity index (χ0v) is 45.7. The number of likely N-dealkylation sites (N-methyl/N-ethyl adjacent to an activating group) is 1. The summed E-state index contributed by atoms with van der Waals surface area (Å²) in [6.07, 6.45) is 60.8. The standard InChI is InChI=1S/C60H109NO8/c1-6-8-10-12-14-15-16-17-18-19-20-21-22-23-24-25-26-27-28-29-30-31-32-33-34-35-36-37-38-39-40-41-42-43-45-47-49-51-58(63)69-56(54-67-57(62)50-48-46-44-13-11-9-7-2)55-68-60(59(64)65)66-53-52-61(3,4)5/h8,10,14-15,17-18,20-21,56,60H,6-7,9,11-13,16,19,22-55H2,1-5H3/b10-8-,15-14-,18-17-,21-20-. The Kier molecular flexibility index (Phi) is 49.5. The average molecular weight is 973 g/mol. The van der Waals surface area contributed by atoms with Gasteiger partial charge in [-0.25, -0.2) is 0 Å². The van der Waals surface area contributed by atoms with Gasteiger partial charge in [-0.3, -0.25) is 9.59 Å². The lowest BCUT2D eigenvalue weighted by atomic mass is 10.0. The van der Waals surface area contributed by atoms with Gasteiger partial charge >= 0.3 is 11.9 Å². The van der Waals surface area contributed by atoms with Gasteiger partial charge in [0.2, 0.25) is 0 Å². The molecule has 0 rings (SSSR count). The second-order valence-corrected chi connectivity index (χ2v) is 20.6. The van der Waals surface area contributed by atoms with E-state index in [9.17, 15) is 19.5 Å². The quantitative estimate of drug-likeness (QED) is 0.0195. The van der Waals surface area contributed by atoms with Crippen LogP contribution in [0.1, 0.15) is 258 Å². The van der Waals surface area contributed by atoms with Crippen molar-refractivity contribution in [2.45, 2.75) is 270 Å². The molecule has 0 aliphatic heterocycles. The van der Waals surface area contributed by atoms with Gasteiger partial charge in [-0.15, -0.1) is 0 Å². The maximum atomic E-state index is 12.8. The molecule has 2 atom stereocenters. The second kappa shape index (κ2) is 51.6. The normalized spacial score (nSPS) is 13.1. The summed E-state index contributed by atoms with van der Waals surface area (Å²) in [6.45, 7) is 4.60. The van der Waals surface area contributed by atoms with Crippen molar-refractivity contribution >= 4 is 17.9 Å². The summed E-state index contributed by atoms with van der Waals surface area (Å²) in [6, 6.07) is 0. The van der Waals surface area contributed by atoms with Crippen LogP contribution in [-0.2, 0) is 33.3 Å². The van der Waals surface area contributed by atoms with Crippen LogP contribution in [0.5, 0.6) is 0 Å². The highest BCUT2D eigenvalue weighted by Gasteiger charge is 2.22. The van der Waals surface area contributed by atoms with E-state index < -0.39 is 24.3 Å². The van der Waals surface area contributed by atoms with Crippen LogP contribution < -0.4 is 5.11 Å². The Labute approximate surface area is 425 Å². The van der Waals surface area contributed by atoms with Crippen molar-refractivity contribution in [3.05, 3.63) is 48.6 Å². The second-order valence-electron chi connectivity index (χ2n) is 20.6. The highest BCUT2D eigenvalue weighted by Crippen LogP contribution is 2.17. The highest BCUT2D eigenvalue weighted by atomic mass is 16.7. The molecule has 0 aliphatic carbocycles. The molecular formula is C60H109NO8. The number of aliphatic carboxylic acids is 1. The number of rotatable bonds is 53. The molecule has 0 aromatic rings. The Balaban J connectivity index is 3.86. The smallest absolute Gasteiger partial charge is 0.306 e. The lowest BCUT2D eigenvalue weighted by Crippen LogP contribution is -2.44. The van der Waals surface area contributed by atoms with Crippen LogP contribution >= 0.6 is 0 Å². The molecule has 0 heterocycles. The van der Waals surface area contributed by atoms with Gasteiger partial charge in [0.1, 0.15) is 13.2 Å². The van der Waals surface area contributed by atoms with Crippen LogP contribution in [0.2, 0.25) is 0 Å². The lowest BCUT2D eigenvalue weighted by molar-refractivity contribution is -0.870. The van der Waals surface area contributed by atoms with Crippen molar-refractivity contribution in [2.75, 3.05) is 47.5 Å². The number of esters is 2. The van der Waals surface area contributed by atoms with Crippen molar-refractivity contribution in [2.24, 2.45) is 0 Å². The van der Waals surface area contributed by atoms with Crippen LogP contribution in [0.3, 0.4) is 0 Å². The maximum absolute atomic E-state index is 12.8. The number of carboxylic acids is 1. The van der Waals surface area contributed by atoms with Crippen molar-refractivity contribution < 1.29 is 42.9 Å². The van der Waals surface area contributed by atoms with E-state index >= 15 is 0 Å². The third-order valence-corrected chi connectivity index (χ3v) is 12.6. The molecule has 402 valence electrons. The average Bonchev–Trinajstić information content (AvgIpc) is 3.31. The molecule has 0 amide bonds. The molecule has 69 heavy (non-hydrogen) atoms. The minimum absolute atomic E-state index is 0.150. The molecule has 0 bridgehead atoms.